The molecule has 0 saturated heterocycles. The van der Waals surface area contributed by atoms with Gasteiger partial charge in [-0.1, -0.05) is 0 Å². The molecule has 2 aromatic rings. The molecule has 0 fully saturated rings. The van der Waals surface area contributed by atoms with E-state index >= 15 is 0 Å². The first kappa shape index (κ1) is 12.3. The number of hydrogen-bond donors (Lipinski definition) is 2. The van der Waals surface area contributed by atoms with Crippen molar-refractivity contribution >= 4 is 5.97 Å². The molecule has 5 heteroatoms. The SMILES string of the molecule is Cc1ccncc1CNCc1ccoc1C(=O)O. The van der Waals surface area contributed by atoms with Gasteiger partial charge in [0.2, 0.25) is 5.76 Å². The highest BCUT2D eigenvalue weighted by Gasteiger charge is 2.13. The third-order valence-corrected chi connectivity index (χ3v) is 2.72. The predicted octanol–water partition coefficient (Wildman–Crippen LogP) is 1.97. The van der Waals surface area contributed by atoms with Crippen molar-refractivity contribution in [2.24, 2.45) is 0 Å². The van der Waals surface area contributed by atoms with Gasteiger partial charge in [0.25, 0.3) is 0 Å². The van der Waals surface area contributed by atoms with Gasteiger partial charge in [0.1, 0.15) is 0 Å². The molecule has 0 amide bonds. The Morgan fingerprint density at radius 1 is 1.39 bits per heavy atom. The summed E-state index contributed by atoms with van der Waals surface area (Å²) in [6, 6.07) is 3.60. The number of nitrogens with zero attached hydrogens (tertiary/aromatic N) is 1. The molecule has 0 bridgehead atoms. The van der Waals surface area contributed by atoms with Crippen LogP contribution in [0.4, 0.5) is 0 Å². The minimum atomic E-state index is -1.05. The molecular formula is C13H14N2O3. The van der Waals surface area contributed by atoms with Gasteiger partial charge in [0.15, 0.2) is 0 Å². The third-order valence-electron chi connectivity index (χ3n) is 2.72. The normalized spacial score (nSPS) is 10.5. The summed E-state index contributed by atoms with van der Waals surface area (Å²) in [5.41, 5.74) is 2.89. The number of pyridine rings is 1. The topological polar surface area (TPSA) is 75.4 Å². The second kappa shape index (κ2) is 5.46. The molecule has 0 aliphatic rings. The van der Waals surface area contributed by atoms with E-state index in [1.54, 1.807) is 18.5 Å². The van der Waals surface area contributed by atoms with Gasteiger partial charge in [-0.3, -0.25) is 4.98 Å². The van der Waals surface area contributed by atoms with Crippen molar-refractivity contribution in [3.63, 3.8) is 0 Å². The first-order valence-corrected chi connectivity index (χ1v) is 5.58. The van der Waals surface area contributed by atoms with Crippen molar-refractivity contribution in [3.8, 4) is 0 Å². The average Bonchev–Trinajstić information content (AvgIpc) is 2.80. The number of aromatic carboxylic acids is 1. The lowest BCUT2D eigenvalue weighted by atomic mass is 10.1. The van der Waals surface area contributed by atoms with E-state index in [1.807, 2.05) is 13.0 Å². The molecule has 2 heterocycles. The molecule has 0 unspecified atom stereocenters. The van der Waals surface area contributed by atoms with Crippen LogP contribution in [-0.4, -0.2) is 16.1 Å². The van der Waals surface area contributed by atoms with Crippen LogP contribution < -0.4 is 5.32 Å². The maximum Gasteiger partial charge on any atom is 0.372 e. The molecule has 2 aromatic heterocycles. The molecule has 5 nitrogen and oxygen atoms in total. The Morgan fingerprint density at radius 2 is 2.17 bits per heavy atom. The van der Waals surface area contributed by atoms with Crippen molar-refractivity contribution in [2.75, 3.05) is 0 Å². The molecule has 2 rings (SSSR count). The zero-order valence-electron chi connectivity index (χ0n) is 10.0. The van der Waals surface area contributed by atoms with Crippen LogP contribution in [0, 0.1) is 6.92 Å². The fraction of sp³-hybridized carbons (Fsp3) is 0.231. The Hall–Kier alpha value is -2.14. The van der Waals surface area contributed by atoms with E-state index in [9.17, 15) is 4.79 Å². The largest absolute Gasteiger partial charge is 0.475 e. The number of carboxylic acid groups (broad SMARTS) is 1. The monoisotopic (exact) mass is 246 g/mol. The van der Waals surface area contributed by atoms with Crippen molar-refractivity contribution in [3.05, 3.63) is 53.2 Å². The van der Waals surface area contributed by atoms with Crippen LogP contribution >= 0.6 is 0 Å². The number of aryl methyl sites for hydroxylation is 1. The lowest BCUT2D eigenvalue weighted by Gasteiger charge is -2.06. The molecule has 94 valence electrons. The van der Waals surface area contributed by atoms with Crippen LogP contribution in [0.1, 0.15) is 27.2 Å². The van der Waals surface area contributed by atoms with Gasteiger partial charge in [-0.25, -0.2) is 4.79 Å². The smallest absolute Gasteiger partial charge is 0.372 e. The molecule has 0 atom stereocenters. The number of aromatic nitrogens is 1. The summed E-state index contributed by atoms with van der Waals surface area (Å²) in [6.07, 6.45) is 4.93. The summed E-state index contributed by atoms with van der Waals surface area (Å²) in [6.45, 7) is 3.11. The summed E-state index contributed by atoms with van der Waals surface area (Å²) in [5.74, 6) is -1.06. The van der Waals surface area contributed by atoms with E-state index < -0.39 is 5.97 Å². The van der Waals surface area contributed by atoms with Gasteiger partial charge in [-0.15, -0.1) is 0 Å². The van der Waals surface area contributed by atoms with Crippen LogP contribution in [0.15, 0.2) is 35.2 Å². The quantitative estimate of drug-likeness (QED) is 0.843. The second-order valence-corrected chi connectivity index (χ2v) is 3.99. The van der Waals surface area contributed by atoms with Crippen LogP contribution in [0.5, 0.6) is 0 Å². The number of carbonyl (C=O) groups is 1. The van der Waals surface area contributed by atoms with Gasteiger partial charge in [-0.05, 0) is 30.2 Å². The molecule has 0 radical (unpaired) electrons. The van der Waals surface area contributed by atoms with Crippen LogP contribution in [-0.2, 0) is 13.1 Å². The predicted molar refractivity (Wildman–Crippen MR) is 65.2 cm³/mol. The van der Waals surface area contributed by atoms with Gasteiger partial charge < -0.3 is 14.8 Å². The van der Waals surface area contributed by atoms with E-state index in [4.69, 9.17) is 9.52 Å². The van der Waals surface area contributed by atoms with Crippen LogP contribution in [0.3, 0.4) is 0 Å². The molecule has 2 N–H and O–H groups in total. The fourth-order valence-electron chi connectivity index (χ4n) is 1.68. The lowest BCUT2D eigenvalue weighted by molar-refractivity contribution is 0.0660. The Morgan fingerprint density at radius 3 is 2.89 bits per heavy atom. The van der Waals surface area contributed by atoms with Crippen LogP contribution in [0.2, 0.25) is 0 Å². The summed E-state index contributed by atoms with van der Waals surface area (Å²) < 4.78 is 4.90. The lowest BCUT2D eigenvalue weighted by Crippen LogP contribution is -2.15. The van der Waals surface area contributed by atoms with Crippen molar-refractivity contribution in [1.29, 1.82) is 0 Å². The van der Waals surface area contributed by atoms with Crippen LogP contribution in [0.25, 0.3) is 0 Å². The fourth-order valence-corrected chi connectivity index (χ4v) is 1.68. The highest BCUT2D eigenvalue weighted by molar-refractivity contribution is 5.86. The number of carboxylic acids is 1. The molecular weight excluding hydrogens is 232 g/mol. The maximum absolute atomic E-state index is 10.8. The highest BCUT2D eigenvalue weighted by Crippen LogP contribution is 2.11. The highest BCUT2D eigenvalue weighted by atomic mass is 16.4. The van der Waals surface area contributed by atoms with E-state index in [-0.39, 0.29) is 5.76 Å². The molecule has 0 aliphatic carbocycles. The number of hydrogen-bond acceptors (Lipinski definition) is 4. The Balaban J connectivity index is 1.95. The minimum absolute atomic E-state index is 0.00888. The van der Waals surface area contributed by atoms with Crippen molar-refractivity contribution < 1.29 is 14.3 Å². The summed E-state index contributed by atoms with van der Waals surface area (Å²) >= 11 is 0. The van der Waals surface area contributed by atoms with Gasteiger partial charge in [0, 0.05) is 31.0 Å². The zero-order valence-corrected chi connectivity index (χ0v) is 10.0. The van der Waals surface area contributed by atoms with Gasteiger partial charge in [-0.2, -0.15) is 0 Å². The van der Waals surface area contributed by atoms with Gasteiger partial charge >= 0.3 is 5.97 Å². The Bertz CT molecular complexity index is 549. The molecule has 0 spiro atoms. The molecule has 0 aliphatic heterocycles. The first-order valence-electron chi connectivity index (χ1n) is 5.58. The van der Waals surface area contributed by atoms with Crippen molar-refractivity contribution in [2.45, 2.75) is 20.0 Å². The standard InChI is InChI=1S/C13H14N2O3/c1-9-2-4-14-7-11(9)8-15-6-10-3-5-18-12(10)13(16)17/h2-5,7,15H,6,8H2,1H3,(H,16,17). The summed E-state index contributed by atoms with van der Waals surface area (Å²) in [5, 5.41) is 12.1. The molecule has 0 saturated carbocycles. The first-order chi connectivity index (χ1) is 8.68. The summed E-state index contributed by atoms with van der Waals surface area (Å²) in [4.78, 5) is 14.9. The Kier molecular flexibility index (Phi) is 3.74. The molecule has 18 heavy (non-hydrogen) atoms. The zero-order chi connectivity index (χ0) is 13.0. The molecule has 0 aromatic carbocycles. The van der Waals surface area contributed by atoms with E-state index in [1.165, 1.54) is 6.26 Å². The Labute approximate surface area is 104 Å². The van der Waals surface area contributed by atoms with E-state index in [0.29, 0.717) is 18.7 Å². The third kappa shape index (κ3) is 2.75. The second-order valence-electron chi connectivity index (χ2n) is 3.99. The van der Waals surface area contributed by atoms with Crippen molar-refractivity contribution in [1.82, 2.24) is 10.3 Å². The minimum Gasteiger partial charge on any atom is -0.475 e. The number of nitrogens with one attached hydrogen (secondary N) is 1. The van der Waals surface area contributed by atoms with E-state index in [2.05, 4.69) is 10.3 Å². The van der Waals surface area contributed by atoms with E-state index in [0.717, 1.165) is 11.1 Å². The maximum atomic E-state index is 10.8. The average molecular weight is 246 g/mol. The number of rotatable bonds is 5. The summed E-state index contributed by atoms with van der Waals surface area (Å²) in [7, 11) is 0. The number of furan rings is 1. The van der Waals surface area contributed by atoms with Gasteiger partial charge in [0.05, 0.1) is 6.26 Å².